The van der Waals surface area contributed by atoms with Gasteiger partial charge in [0.15, 0.2) is 0 Å². The van der Waals surface area contributed by atoms with Gasteiger partial charge in [0.05, 0.1) is 11.6 Å². The summed E-state index contributed by atoms with van der Waals surface area (Å²) in [6, 6.07) is 5.09. The van der Waals surface area contributed by atoms with Crippen molar-refractivity contribution >= 4 is 5.91 Å². The SMILES string of the molecule is CC(C)(CNC(=O)C1CCCN1)c1cccc(C(F)(F)F)c1. The molecule has 1 aliphatic rings. The Kier molecular flexibility index (Phi) is 4.80. The average Bonchev–Trinajstić information content (AvgIpc) is 2.98. The molecule has 2 N–H and O–H groups in total. The first-order valence-electron chi connectivity index (χ1n) is 7.39. The highest BCUT2D eigenvalue weighted by molar-refractivity contribution is 5.82. The Hall–Kier alpha value is -1.56. The molecule has 1 aromatic rings. The van der Waals surface area contributed by atoms with Crippen molar-refractivity contribution in [3.05, 3.63) is 35.4 Å². The molecule has 6 heteroatoms. The molecule has 3 nitrogen and oxygen atoms in total. The number of halogens is 3. The van der Waals surface area contributed by atoms with Crippen LogP contribution in [0, 0.1) is 0 Å². The molecule has 22 heavy (non-hydrogen) atoms. The highest BCUT2D eigenvalue weighted by Crippen LogP contribution is 2.32. The van der Waals surface area contributed by atoms with E-state index >= 15 is 0 Å². The lowest BCUT2D eigenvalue weighted by molar-refractivity contribution is -0.137. The lowest BCUT2D eigenvalue weighted by Crippen LogP contribution is -2.45. The highest BCUT2D eigenvalue weighted by Gasteiger charge is 2.32. The fourth-order valence-electron chi connectivity index (χ4n) is 2.56. The Morgan fingerprint density at radius 3 is 2.59 bits per heavy atom. The molecule has 0 radical (unpaired) electrons. The molecule has 0 bridgehead atoms. The molecular formula is C16H21F3N2O. The average molecular weight is 314 g/mol. The molecule has 0 saturated carbocycles. The van der Waals surface area contributed by atoms with E-state index in [9.17, 15) is 18.0 Å². The normalized spacial score (nSPS) is 19.2. The van der Waals surface area contributed by atoms with Gasteiger partial charge in [-0.15, -0.1) is 0 Å². The molecule has 122 valence electrons. The molecule has 0 spiro atoms. The minimum atomic E-state index is -4.36. The van der Waals surface area contributed by atoms with E-state index in [1.807, 2.05) is 13.8 Å². The molecule has 1 aromatic carbocycles. The number of nitrogens with one attached hydrogen (secondary N) is 2. The number of alkyl halides is 3. The van der Waals surface area contributed by atoms with Crippen LogP contribution in [0.4, 0.5) is 13.2 Å². The first kappa shape index (κ1) is 16.8. The highest BCUT2D eigenvalue weighted by atomic mass is 19.4. The molecular weight excluding hydrogens is 293 g/mol. The number of benzene rings is 1. The van der Waals surface area contributed by atoms with Gasteiger partial charge in [0.1, 0.15) is 0 Å². The van der Waals surface area contributed by atoms with Gasteiger partial charge in [-0.25, -0.2) is 0 Å². The number of hydrogen-bond acceptors (Lipinski definition) is 2. The van der Waals surface area contributed by atoms with Crippen molar-refractivity contribution in [3.8, 4) is 0 Å². The first-order chi connectivity index (χ1) is 10.2. The van der Waals surface area contributed by atoms with E-state index in [-0.39, 0.29) is 11.9 Å². The van der Waals surface area contributed by atoms with E-state index in [4.69, 9.17) is 0 Å². The third kappa shape index (κ3) is 4.00. The molecule has 2 rings (SSSR count). The van der Waals surface area contributed by atoms with Gasteiger partial charge < -0.3 is 10.6 Å². The fourth-order valence-corrected chi connectivity index (χ4v) is 2.56. The van der Waals surface area contributed by atoms with Crippen molar-refractivity contribution in [2.24, 2.45) is 0 Å². The van der Waals surface area contributed by atoms with Crippen molar-refractivity contribution in [1.29, 1.82) is 0 Å². The van der Waals surface area contributed by atoms with E-state index in [0.29, 0.717) is 12.1 Å². The lowest BCUT2D eigenvalue weighted by atomic mass is 9.83. The quantitative estimate of drug-likeness (QED) is 0.897. The van der Waals surface area contributed by atoms with E-state index in [1.54, 1.807) is 6.07 Å². The molecule has 1 amide bonds. The third-order valence-corrected chi connectivity index (χ3v) is 4.05. The van der Waals surface area contributed by atoms with Crippen LogP contribution in [-0.4, -0.2) is 25.0 Å². The second kappa shape index (κ2) is 6.28. The molecule has 1 heterocycles. The summed E-state index contributed by atoms with van der Waals surface area (Å²) in [5, 5.41) is 5.94. The monoisotopic (exact) mass is 314 g/mol. The molecule has 1 unspecified atom stereocenters. The van der Waals surface area contributed by atoms with Gasteiger partial charge in [-0.3, -0.25) is 4.79 Å². The topological polar surface area (TPSA) is 41.1 Å². The Morgan fingerprint density at radius 2 is 2.00 bits per heavy atom. The minimum Gasteiger partial charge on any atom is -0.354 e. The van der Waals surface area contributed by atoms with Crippen LogP contribution in [0.2, 0.25) is 0 Å². The van der Waals surface area contributed by atoms with Crippen LogP contribution in [0.3, 0.4) is 0 Å². The van der Waals surface area contributed by atoms with Crippen molar-refractivity contribution in [2.75, 3.05) is 13.1 Å². The number of hydrogen-bond donors (Lipinski definition) is 2. The molecule has 1 atom stereocenters. The van der Waals surface area contributed by atoms with Gasteiger partial charge >= 0.3 is 6.18 Å². The van der Waals surface area contributed by atoms with Crippen molar-refractivity contribution in [3.63, 3.8) is 0 Å². The number of carbonyl (C=O) groups is 1. The Morgan fingerprint density at radius 1 is 1.32 bits per heavy atom. The van der Waals surface area contributed by atoms with Crippen LogP contribution in [0.15, 0.2) is 24.3 Å². The van der Waals surface area contributed by atoms with Crippen LogP contribution < -0.4 is 10.6 Å². The third-order valence-electron chi connectivity index (χ3n) is 4.05. The van der Waals surface area contributed by atoms with E-state index < -0.39 is 17.2 Å². The molecule has 0 aromatic heterocycles. The summed E-state index contributed by atoms with van der Waals surface area (Å²) in [5.41, 5.74) is -0.681. The van der Waals surface area contributed by atoms with Crippen LogP contribution in [-0.2, 0) is 16.4 Å². The predicted octanol–water partition coefficient (Wildman–Crippen LogP) is 2.85. The Bertz CT molecular complexity index is 534. The summed E-state index contributed by atoms with van der Waals surface area (Å²) in [5.74, 6) is -0.0856. The number of carbonyl (C=O) groups excluding carboxylic acids is 1. The zero-order valence-electron chi connectivity index (χ0n) is 12.8. The maximum Gasteiger partial charge on any atom is 0.416 e. The lowest BCUT2D eigenvalue weighted by Gasteiger charge is -2.27. The van der Waals surface area contributed by atoms with Gasteiger partial charge in [-0.2, -0.15) is 13.2 Å². The van der Waals surface area contributed by atoms with Crippen LogP contribution >= 0.6 is 0 Å². The summed E-state index contributed by atoms with van der Waals surface area (Å²) >= 11 is 0. The summed E-state index contributed by atoms with van der Waals surface area (Å²) in [6.45, 7) is 4.77. The van der Waals surface area contributed by atoms with Crippen molar-refractivity contribution in [2.45, 2.75) is 44.3 Å². The second-order valence-corrected chi connectivity index (χ2v) is 6.33. The van der Waals surface area contributed by atoms with E-state index in [1.165, 1.54) is 6.07 Å². The van der Waals surface area contributed by atoms with E-state index in [2.05, 4.69) is 10.6 Å². The molecule has 1 aliphatic heterocycles. The number of rotatable bonds is 4. The zero-order valence-corrected chi connectivity index (χ0v) is 12.8. The molecule has 1 fully saturated rings. The maximum absolute atomic E-state index is 12.8. The van der Waals surface area contributed by atoms with Gasteiger partial charge in [-0.05, 0) is 31.0 Å². The van der Waals surface area contributed by atoms with Crippen molar-refractivity contribution < 1.29 is 18.0 Å². The maximum atomic E-state index is 12.8. The summed E-state index contributed by atoms with van der Waals surface area (Å²) in [6.07, 6.45) is -2.59. The van der Waals surface area contributed by atoms with Gasteiger partial charge in [0.2, 0.25) is 5.91 Å². The second-order valence-electron chi connectivity index (χ2n) is 6.33. The number of amides is 1. The van der Waals surface area contributed by atoms with Crippen LogP contribution in [0.25, 0.3) is 0 Å². The van der Waals surface area contributed by atoms with Gasteiger partial charge in [0, 0.05) is 12.0 Å². The van der Waals surface area contributed by atoms with Crippen LogP contribution in [0.1, 0.15) is 37.8 Å². The summed E-state index contributed by atoms with van der Waals surface area (Å²) < 4.78 is 38.4. The molecule has 1 saturated heterocycles. The van der Waals surface area contributed by atoms with Gasteiger partial charge in [0.25, 0.3) is 0 Å². The van der Waals surface area contributed by atoms with E-state index in [0.717, 1.165) is 31.5 Å². The summed E-state index contributed by atoms with van der Waals surface area (Å²) in [4.78, 5) is 12.0. The fraction of sp³-hybridized carbons (Fsp3) is 0.562. The van der Waals surface area contributed by atoms with Crippen molar-refractivity contribution in [1.82, 2.24) is 10.6 Å². The Balaban J connectivity index is 2.04. The van der Waals surface area contributed by atoms with Crippen LogP contribution in [0.5, 0.6) is 0 Å². The Labute approximate surface area is 128 Å². The van der Waals surface area contributed by atoms with Gasteiger partial charge in [-0.1, -0.05) is 32.0 Å². The first-order valence-corrected chi connectivity index (χ1v) is 7.39. The predicted molar refractivity (Wildman–Crippen MR) is 78.5 cm³/mol. The minimum absolute atomic E-state index is 0.0856. The smallest absolute Gasteiger partial charge is 0.354 e. The summed E-state index contributed by atoms with van der Waals surface area (Å²) in [7, 11) is 0. The molecule has 0 aliphatic carbocycles. The largest absolute Gasteiger partial charge is 0.416 e. The zero-order chi connectivity index (χ0) is 16.4. The standard InChI is InChI=1S/C16H21F3N2O/c1-15(2,10-21-14(22)13-7-4-8-20-13)11-5-3-6-12(9-11)16(17,18)19/h3,5-6,9,13,20H,4,7-8,10H2,1-2H3,(H,21,22).